The maximum atomic E-state index is 13.3. The molecule has 2 aromatic rings. The Hall–Kier alpha value is -2.27. The normalized spacial score (nSPS) is 23.2. The van der Waals surface area contributed by atoms with E-state index in [2.05, 4.69) is 4.98 Å². The summed E-state index contributed by atoms with van der Waals surface area (Å²) in [5, 5.41) is 0. The summed E-state index contributed by atoms with van der Waals surface area (Å²) in [6.07, 6.45) is 3.88. The van der Waals surface area contributed by atoms with Crippen LogP contribution in [0.3, 0.4) is 0 Å². The van der Waals surface area contributed by atoms with Crippen molar-refractivity contribution in [1.29, 1.82) is 0 Å². The summed E-state index contributed by atoms with van der Waals surface area (Å²) >= 11 is 0. The molecule has 0 N–H and O–H groups in total. The fraction of sp³-hybridized carbons (Fsp3) is 0.368. The number of nitrogens with zero attached hydrogens (tertiary/aromatic N) is 2. The van der Waals surface area contributed by atoms with Crippen molar-refractivity contribution in [1.82, 2.24) is 4.98 Å². The zero-order valence-corrected chi connectivity index (χ0v) is 13.9. The lowest BCUT2D eigenvalue weighted by Crippen LogP contribution is -2.41. The number of pyridine rings is 1. The molecule has 1 saturated heterocycles. The van der Waals surface area contributed by atoms with Crippen LogP contribution < -0.4 is 4.90 Å². The van der Waals surface area contributed by atoms with Gasteiger partial charge in [0.05, 0.1) is 12.6 Å². The molecule has 1 aromatic heterocycles. The first-order chi connectivity index (χ1) is 11.5. The van der Waals surface area contributed by atoms with Gasteiger partial charge in [0, 0.05) is 18.1 Å². The van der Waals surface area contributed by atoms with E-state index >= 15 is 0 Å². The summed E-state index contributed by atoms with van der Waals surface area (Å²) in [6.45, 7) is 4.38. The molecule has 0 saturated carbocycles. The number of rotatable bonds is 4. The smallest absolute Gasteiger partial charge is 0.256 e. The summed E-state index contributed by atoms with van der Waals surface area (Å²) in [7, 11) is 0. The molecule has 126 valence electrons. The zero-order chi connectivity index (χ0) is 17.1. The van der Waals surface area contributed by atoms with Crippen LogP contribution in [0.2, 0.25) is 0 Å². The van der Waals surface area contributed by atoms with E-state index in [9.17, 15) is 9.18 Å². The lowest BCUT2D eigenvalue weighted by Gasteiger charge is -2.27. The van der Waals surface area contributed by atoms with Gasteiger partial charge in [-0.2, -0.15) is 0 Å². The second-order valence-electron chi connectivity index (χ2n) is 6.34. The summed E-state index contributed by atoms with van der Waals surface area (Å²) in [5.74, 6) is -0.265. The van der Waals surface area contributed by atoms with E-state index in [-0.39, 0.29) is 23.7 Å². The molecule has 5 heteroatoms. The van der Waals surface area contributed by atoms with E-state index in [1.54, 1.807) is 29.4 Å². The Kier molecular flexibility index (Phi) is 4.90. The van der Waals surface area contributed by atoms with Gasteiger partial charge in [0.1, 0.15) is 11.9 Å². The lowest BCUT2D eigenvalue weighted by atomic mass is 10.0. The van der Waals surface area contributed by atoms with Crippen molar-refractivity contribution in [3.63, 3.8) is 0 Å². The van der Waals surface area contributed by atoms with Crippen LogP contribution in [-0.4, -0.2) is 23.1 Å². The number of carbonyl (C=O) groups is 1. The van der Waals surface area contributed by atoms with Gasteiger partial charge in [-0.3, -0.25) is 9.78 Å². The van der Waals surface area contributed by atoms with Crippen LogP contribution in [0.25, 0.3) is 0 Å². The van der Waals surface area contributed by atoms with Gasteiger partial charge in [0.25, 0.3) is 5.91 Å². The van der Waals surface area contributed by atoms with Crippen LogP contribution in [-0.2, 0) is 16.1 Å². The standard InChI is InChI=1S/C19H21FN2O2/c1-13-10-14(2)24-18(13)19(23)22(12-15-4-3-9-21-11-15)17-7-5-16(20)6-8-17/h3-9,11,13-14,18H,10,12H2,1-2H3/t13-,14+,18-/m0/s1. The van der Waals surface area contributed by atoms with Crippen molar-refractivity contribution in [2.75, 3.05) is 4.90 Å². The first-order valence-electron chi connectivity index (χ1n) is 8.16. The molecular formula is C19H21FN2O2. The Bertz CT molecular complexity index is 690. The molecule has 1 fully saturated rings. The molecule has 0 bridgehead atoms. The third-order valence-electron chi connectivity index (χ3n) is 4.31. The predicted molar refractivity (Wildman–Crippen MR) is 89.9 cm³/mol. The van der Waals surface area contributed by atoms with Crippen molar-refractivity contribution >= 4 is 11.6 Å². The van der Waals surface area contributed by atoms with E-state index in [0.29, 0.717) is 12.2 Å². The molecule has 2 heterocycles. The molecule has 0 unspecified atom stereocenters. The van der Waals surface area contributed by atoms with Crippen molar-refractivity contribution < 1.29 is 13.9 Å². The van der Waals surface area contributed by atoms with Gasteiger partial charge in [0.2, 0.25) is 0 Å². The van der Waals surface area contributed by atoms with E-state index < -0.39 is 6.10 Å². The Morgan fingerprint density at radius 2 is 2.04 bits per heavy atom. The first kappa shape index (κ1) is 16.6. The Balaban J connectivity index is 1.89. The number of benzene rings is 1. The summed E-state index contributed by atoms with van der Waals surface area (Å²) in [4.78, 5) is 18.8. The highest BCUT2D eigenvalue weighted by atomic mass is 19.1. The SMILES string of the molecule is C[C@@H]1C[C@H](C)[C@@H](C(=O)N(Cc2cccnc2)c2ccc(F)cc2)O1. The van der Waals surface area contributed by atoms with Gasteiger partial charge >= 0.3 is 0 Å². The predicted octanol–water partition coefficient (Wildman–Crippen LogP) is 3.57. The highest BCUT2D eigenvalue weighted by molar-refractivity contribution is 5.96. The first-order valence-corrected chi connectivity index (χ1v) is 8.16. The molecule has 0 spiro atoms. The van der Waals surface area contributed by atoms with Crippen LogP contribution in [0.5, 0.6) is 0 Å². The van der Waals surface area contributed by atoms with Gasteiger partial charge in [-0.15, -0.1) is 0 Å². The minimum Gasteiger partial charge on any atom is -0.365 e. The minimum atomic E-state index is -0.471. The van der Waals surface area contributed by atoms with Crippen molar-refractivity contribution in [3.8, 4) is 0 Å². The van der Waals surface area contributed by atoms with Crippen molar-refractivity contribution in [2.24, 2.45) is 5.92 Å². The molecule has 3 rings (SSSR count). The lowest BCUT2D eigenvalue weighted by molar-refractivity contribution is -0.130. The number of ether oxygens (including phenoxy) is 1. The van der Waals surface area contributed by atoms with Crippen molar-refractivity contribution in [3.05, 3.63) is 60.2 Å². The molecular weight excluding hydrogens is 307 g/mol. The Morgan fingerprint density at radius 1 is 1.29 bits per heavy atom. The second kappa shape index (κ2) is 7.09. The molecule has 0 radical (unpaired) electrons. The number of amides is 1. The molecule has 1 aliphatic heterocycles. The van der Waals surface area contributed by atoms with Crippen LogP contribution in [0.15, 0.2) is 48.8 Å². The van der Waals surface area contributed by atoms with Gasteiger partial charge < -0.3 is 9.64 Å². The van der Waals surface area contributed by atoms with E-state index in [1.165, 1.54) is 12.1 Å². The largest absolute Gasteiger partial charge is 0.365 e. The fourth-order valence-corrected chi connectivity index (χ4v) is 3.13. The number of anilines is 1. The van der Waals surface area contributed by atoms with Gasteiger partial charge in [-0.05, 0) is 55.2 Å². The van der Waals surface area contributed by atoms with Gasteiger partial charge in [-0.25, -0.2) is 4.39 Å². The number of hydrogen-bond donors (Lipinski definition) is 0. The minimum absolute atomic E-state index is 0.0717. The Labute approximate surface area is 141 Å². The average Bonchev–Trinajstić information content (AvgIpc) is 2.92. The number of aromatic nitrogens is 1. The third kappa shape index (κ3) is 3.62. The molecule has 1 amide bonds. The number of halogens is 1. The molecule has 1 aromatic carbocycles. The summed E-state index contributed by atoms with van der Waals surface area (Å²) in [5.41, 5.74) is 1.56. The quantitative estimate of drug-likeness (QED) is 0.862. The van der Waals surface area contributed by atoms with Crippen LogP contribution in [0, 0.1) is 11.7 Å². The summed E-state index contributed by atoms with van der Waals surface area (Å²) in [6, 6.07) is 9.71. The molecule has 1 aliphatic rings. The highest BCUT2D eigenvalue weighted by Gasteiger charge is 2.37. The average molecular weight is 328 g/mol. The summed E-state index contributed by atoms with van der Waals surface area (Å²) < 4.78 is 19.1. The number of hydrogen-bond acceptors (Lipinski definition) is 3. The van der Waals surface area contributed by atoms with E-state index in [4.69, 9.17) is 4.74 Å². The number of carbonyl (C=O) groups excluding carboxylic acids is 1. The molecule has 24 heavy (non-hydrogen) atoms. The third-order valence-corrected chi connectivity index (χ3v) is 4.31. The maximum Gasteiger partial charge on any atom is 0.256 e. The molecule has 0 aliphatic carbocycles. The topological polar surface area (TPSA) is 42.4 Å². The zero-order valence-electron chi connectivity index (χ0n) is 13.9. The van der Waals surface area contributed by atoms with Gasteiger partial charge in [0.15, 0.2) is 0 Å². The highest BCUT2D eigenvalue weighted by Crippen LogP contribution is 2.29. The fourth-order valence-electron chi connectivity index (χ4n) is 3.13. The van der Waals surface area contributed by atoms with Gasteiger partial charge in [-0.1, -0.05) is 13.0 Å². The molecule has 3 atom stereocenters. The maximum absolute atomic E-state index is 13.3. The van der Waals surface area contributed by atoms with Crippen molar-refractivity contribution in [2.45, 2.75) is 39.0 Å². The van der Waals surface area contributed by atoms with Crippen LogP contribution >= 0.6 is 0 Å². The Morgan fingerprint density at radius 3 is 2.62 bits per heavy atom. The van der Waals surface area contributed by atoms with Crippen LogP contribution in [0.1, 0.15) is 25.8 Å². The van der Waals surface area contributed by atoms with Crippen LogP contribution in [0.4, 0.5) is 10.1 Å². The monoisotopic (exact) mass is 328 g/mol. The second-order valence-corrected chi connectivity index (χ2v) is 6.34. The van der Waals surface area contributed by atoms with E-state index in [0.717, 1.165) is 12.0 Å². The van der Waals surface area contributed by atoms with E-state index in [1.807, 2.05) is 26.0 Å². The molecule has 4 nitrogen and oxygen atoms in total.